The van der Waals surface area contributed by atoms with E-state index in [1.54, 1.807) is 77.0 Å². The molecule has 0 bridgehead atoms. The van der Waals surface area contributed by atoms with Crippen LogP contribution in [0.1, 0.15) is 22.0 Å². The van der Waals surface area contributed by atoms with Crippen LogP contribution in [0.3, 0.4) is 0 Å². The molecule has 4 heteroatoms. The molecule has 0 fully saturated rings. The Bertz CT molecular complexity index is 495. The van der Waals surface area contributed by atoms with Crippen LogP contribution >= 0.6 is 0 Å². The number of rotatable bonds is 3. The van der Waals surface area contributed by atoms with E-state index in [1.165, 1.54) is 0 Å². The highest BCUT2D eigenvalue weighted by atomic mass is 16.5. The van der Waals surface area contributed by atoms with Crippen molar-refractivity contribution in [3.05, 3.63) is 71.8 Å². The summed E-state index contributed by atoms with van der Waals surface area (Å²) in [6, 6.07) is 17.7. The number of ether oxygens (including phenoxy) is 2. The van der Waals surface area contributed by atoms with Gasteiger partial charge in [0.25, 0.3) is 0 Å². The van der Waals surface area contributed by atoms with Crippen LogP contribution in [0.4, 0.5) is 0 Å². The summed E-state index contributed by atoms with van der Waals surface area (Å²) in [6.07, 6.45) is -1.08. The summed E-state index contributed by atoms with van der Waals surface area (Å²) in [7, 11) is 6.50. The van der Waals surface area contributed by atoms with E-state index in [0.29, 0.717) is 11.1 Å². The van der Waals surface area contributed by atoms with Gasteiger partial charge >= 0.3 is 0 Å². The molecule has 1 unspecified atom stereocenters. The maximum Gasteiger partial charge on any atom is 0.195 e. The second kappa shape index (κ2) is 12.7. The summed E-state index contributed by atoms with van der Waals surface area (Å²) in [6.45, 7) is 0. The molecule has 0 saturated carbocycles. The fourth-order valence-electron chi connectivity index (χ4n) is 1.55. The third-order valence-corrected chi connectivity index (χ3v) is 2.42. The molecule has 0 aromatic heterocycles. The number of aliphatic hydroxyl groups is 1. The Kier molecular flexibility index (Phi) is 11.5. The van der Waals surface area contributed by atoms with Crippen molar-refractivity contribution < 1.29 is 19.4 Å². The number of Topliss-reactive ketones (excluding diaryl/α,β-unsaturated/α-hetero) is 1. The van der Waals surface area contributed by atoms with Gasteiger partial charge in [0.1, 0.15) is 6.10 Å². The molecule has 0 aliphatic carbocycles. The highest BCUT2D eigenvalue weighted by molar-refractivity contribution is 5.99. The zero-order valence-corrected chi connectivity index (χ0v) is 13.5. The molecule has 1 atom stereocenters. The summed E-state index contributed by atoms with van der Waals surface area (Å²) in [4.78, 5) is 11.9. The van der Waals surface area contributed by atoms with Gasteiger partial charge in [0.2, 0.25) is 0 Å². The predicted molar refractivity (Wildman–Crippen MR) is 88.0 cm³/mol. The maximum atomic E-state index is 11.9. The number of carbonyl (C=O) groups is 1. The molecular formula is C18H24O4. The van der Waals surface area contributed by atoms with Crippen LogP contribution in [0.15, 0.2) is 60.7 Å². The third-order valence-electron chi connectivity index (χ3n) is 2.42. The summed E-state index contributed by atoms with van der Waals surface area (Å²) in [5, 5.41) is 9.89. The molecule has 0 radical (unpaired) electrons. The van der Waals surface area contributed by atoms with Crippen molar-refractivity contribution >= 4 is 5.78 Å². The van der Waals surface area contributed by atoms with E-state index in [0.717, 1.165) is 0 Å². The molecule has 2 aromatic carbocycles. The average molecular weight is 304 g/mol. The van der Waals surface area contributed by atoms with E-state index in [4.69, 9.17) is 0 Å². The monoisotopic (exact) mass is 304 g/mol. The van der Waals surface area contributed by atoms with Gasteiger partial charge in [-0.1, -0.05) is 60.7 Å². The smallest absolute Gasteiger partial charge is 0.195 e. The first kappa shape index (κ1) is 20.0. The number of methoxy groups -OCH3 is 2. The second-order valence-corrected chi connectivity index (χ2v) is 4.36. The Balaban J connectivity index is 0.000000639. The zero-order chi connectivity index (χ0) is 16.8. The van der Waals surface area contributed by atoms with Crippen LogP contribution in [-0.2, 0) is 9.47 Å². The molecule has 1 N–H and O–H groups in total. The van der Waals surface area contributed by atoms with E-state index in [-0.39, 0.29) is 5.78 Å². The Morgan fingerprint density at radius 1 is 0.818 bits per heavy atom. The van der Waals surface area contributed by atoms with Crippen LogP contribution in [0.25, 0.3) is 0 Å². The van der Waals surface area contributed by atoms with Gasteiger partial charge in [0.05, 0.1) is 0 Å². The summed E-state index contributed by atoms with van der Waals surface area (Å²) in [5.41, 5.74) is 1.15. The number of carbonyl (C=O) groups excluding carboxylic acids is 1. The van der Waals surface area contributed by atoms with Gasteiger partial charge in [-0.2, -0.15) is 0 Å². The lowest BCUT2D eigenvalue weighted by atomic mass is 10.0. The molecule has 0 aliphatic heterocycles. The maximum absolute atomic E-state index is 11.9. The average Bonchev–Trinajstić information content (AvgIpc) is 2.56. The molecule has 22 heavy (non-hydrogen) atoms. The van der Waals surface area contributed by atoms with Crippen molar-refractivity contribution in [3.63, 3.8) is 0 Å². The van der Waals surface area contributed by atoms with E-state index < -0.39 is 6.10 Å². The van der Waals surface area contributed by atoms with Gasteiger partial charge in [-0.3, -0.25) is 4.79 Å². The van der Waals surface area contributed by atoms with Crippen LogP contribution in [0, 0.1) is 0 Å². The molecule has 2 rings (SSSR count). The highest BCUT2D eigenvalue weighted by Gasteiger charge is 2.18. The van der Waals surface area contributed by atoms with Gasteiger partial charge < -0.3 is 14.6 Å². The topological polar surface area (TPSA) is 55.8 Å². The Morgan fingerprint density at radius 2 is 1.18 bits per heavy atom. The molecule has 0 aliphatic rings. The first-order valence-corrected chi connectivity index (χ1v) is 6.74. The lowest BCUT2D eigenvalue weighted by molar-refractivity contribution is 0.0747. The highest BCUT2D eigenvalue weighted by Crippen LogP contribution is 2.17. The zero-order valence-electron chi connectivity index (χ0n) is 13.5. The van der Waals surface area contributed by atoms with Crippen LogP contribution in [0.5, 0.6) is 0 Å². The number of hydrogen-bond donors (Lipinski definition) is 1. The van der Waals surface area contributed by atoms with Gasteiger partial charge in [-0.15, -0.1) is 0 Å². The molecule has 4 nitrogen and oxygen atoms in total. The normalized spacial score (nSPS) is 10.4. The number of benzene rings is 2. The molecule has 0 heterocycles. The first-order valence-electron chi connectivity index (χ1n) is 6.74. The molecule has 120 valence electrons. The molecule has 2 aromatic rings. The molecule has 0 saturated heterocycles. The SMILES string of the molecule is COC.COC.O=C(c1ccccc1)C(O)c1ccccc1. The number of ketones is 1. The Morgan fingerprint density at radius 3 is 1.59 bits per heavy atom. The minimum absolute atomic E-state index is 0.271. The quantitative estimate of drug-likeness (QED) is 0.885. The standard InChI is InChI=1S/C14H12O2.2C2H6O/c15-13(11-7-3-1-4-8-11)14(16)12-9-5-2-6-10-12;2*1-3-2/h1-10,13,15H;2*1-2H3. The molecular weight excluding hydrogens is 280 g/mol. The Labute approximate surface area is 132 Å². The van der Waals surface area contributed by atoms with Crippen molar-refractivity contribution in [2.75, 3.05) is 28.4 Å². The van der Waals surface area contributed by atoms with Crippen LogP contribution < -0.4 is 0 Å². The lowest BCUT2D eigenvalue weighted by Crippen LogP contribution is -2.11. The number of aliphatic hydroxyl groups excluding tert-OH is 1. The third kappa shape index (κ3) is 7.69. The summed E-state index contributed by atoms with van der Waals surface area (Å²) >= 11 is 0. The lowest BCUT2D eigenvalue weighted by Gasteiger charge is -2.09. The Hall–Kier alpha value is -2.01. The summed E-state index contributed by atoms with van der Waals surface area (Å²) < 4.78 is 8.50. The predicted octanol–water partition coefficient (Wildman–Crippen LogP) is 3.13. The van der Waals surface area contributed by atoms with Crippen LogP contribution in [-0.4, -0.2) is 39.3 Å². The van der Waals surface area contributed by atoms with Crippen molar-refractivity contribution in [1.29, 1.82) is 0 Å². The van der Waals surface area contributed by atoms with Crippen molar-refractivity contribution in [3.8, 4) is 0 Å². The molecule has 0 amide bonds. The van der Waals surface area contributed by atoms with Crippen molar-refractivity contribution in [2.24, 2.45) is 0 Å². The van der Waals surface area contributed by atoms with Gasteiger partial charge in [-0.25, -0.2) is 0 Å². The minimum atomic E-state index is -1.08. The first-order chi connectivity index (χ1) is 10.6. The van der Waals surface area contributed by atoms with E-state index in [2.05, 4.69) is 9.47 Å². The largest absolute Gasteiger partial charge is 0.388 e. The van der Waals surface area contributed by atoms with E-state index >= 15 is 0 Å². The fourth-order valence-corrected chi connectivity index (χ4v) is 1.55. The van der Waals surface area contributed by atoms with E-state index in [1.807, 2.05) is 12.1 Å². The van der Waals surface area contributed by atoms with Crippen LogP contribution in [0.2, 0.25) is 0 Å². The minimum Gasteiger partial charge on any atom is -0.388 e. The second-order valence-electron chi connectivity index (χ2n) is 4.36. The summed E-state index contributed by atoms with van der Waals surface area (Å²) in [5.74, 6) is -0.271. The van der Waals surface area contributed by atoms with Gasteiger partial charge in [0.15, 0.2) is 5.78 Å². The van der Waals surface area contributed by atoms with Crippen molar-refractivity contribution in [1.82, 2.24) is 0 Å². The van der Waals surface area contributed by atoms with Gasteiger partial charge in [-0.05, 0) is 5.56 Å². The van der Waals surface area contributed by atoms with Gasteiger partial charge in [0, 0.05) is 34.0 Å². The van der Waals surface area contributed by atoms with Crippen molar-refractivity contribution in [2.45, 2.75) is 6.10 Å². The van der Waals surface area contributed by atoms with E-state index in [9.17, 15) is 9.90 Å². The number of hydrogen-bond acceptors (Lipinski definition) is 4. The fraction of sp³-hybridized carbons (Fsp3) is 0.278. The molecule has 0 spiro atoms.